The quantitative estimate of drug-likeness (QED) is 0.394. The van der Waals surface area contributed by atoms with Crippen molar-refractivity contribution >= 4 is 35.8 Å². The molecule has 1 aromatic carbocycles. The van der Waals surface area contributed by atoms with Crippen molar-refractivity contribution in [3.63, 3.8) is 0 Å². The summed E-state index contributed by atoms with van der Waals surface area (Å²) >= 11 is 14.0. The van der Waals surface area contributed by atoms with Crippen LogP contribution in [-0.4, -0.2) is 0 Å². The molecule has 0 bridgehead atoms. The predicted molar refractivity (Wildman–Crippen MR) is 43.6 cm³/mol. The number of hydrogen-bond acceptors (Lipinski definition) is 1. The van der Waals surface area contributed by atoms with Crippen LogP contribution in [0.1, 0.15) is 0 Å². The lowest BCUT2D eigenvalue weighted by molar-refractivity contribution is 0.436. The summed E-state index contributed by atoms with van der Waals surface area (Å²) in [5.41, 5.74) is 0. The van der Waals surface area contributed by atoms with Crippen molar-refractivity contribution in [2.45, 2.75) is 4.90 Å². The van der Waals surface area contributed by atoms with Crippen LogP contribution in [0.15, 0.2) is 4.90 Å². The molecular weight excluding hydrogens is 232 g/mol. The van der Waals surface area contributed by atoms with Crippen molar-refractivity contribution in [1.29, 1.82) is 0 Å². The molecule has 0 saturated carbocycles. The zero-order valence-electron chi connectivity index (χ0n) is 5.34. The summed E-state index contributed by atoms with van der Waals surface area (Å²) < 4.78 is 37.7. The number of rotatable bonds is 0. The van der Waals surface area contributed by atoms with Gasteiger partial charge in [0.25, 0.3) is 0 Å². The van der Waals surface area contributed by atoms with E-state index in [4.69, 9.17) is 23.2 Å². The molecule has 0 nitrogen and oxygen atoms in total. The Morgan fingerprint density at radius 3 is 1.83 bits per heavy atom. The van der Waals surface area contributed by atoms with Gasteiger partial charge in [-0.3, -0.25) is 0 Å². The Bertz CT molecular complexity index is 235. The zero-order valence-corrected chi connectivity index (χ0v) is 7.74. The van der Waals surface area contributed by atoms with Crippen LogP contribution in [0.5, 0.6) is 0 Å². The number of benzene rings is 1. The number of thiol groups is 1. The van der Waals surface area contributed by atoms with Crippen molar-refractivity contribution in [1.82, 2.24) is 0 Å². The first kappa shape index (κ1) is 10.0. The lowest BCUT2D eigenvalue weighted by Gasteiger charge is -2.03. The summed E-state index contributed by atoms with van der Waals surface area (Å²) in [5, 5.41) is -1.10. The third-order valence-electron chi connectivity index (χ3n) is 1.19. The molecular formula is C6HCl2F3S. The standard InChI is InChI=1S/C6HCl2F3S/c7-1-2(8)6(12)5(11)4(10)3(1)9/h12H. The molecule has 0 aliphatic rings. The summed E-state index contributed by atoms with van der Waals surface area (Å²) in [6, 6.07) is 0. The van der Waals surface area contributed by atoms with Gasteiger partial charge in [-0.15, -0.1) is 12.6 Å². The van der Waals surface area contributed by atoms with E-state index in [0.29, 0.717) is 0 Å². The van der Waals surface area contributed by atoms with E-state index in [1.165, 1.54) is 0 Å². The first-order chi connectivity index (χ1) is 5.46. The third-order valence-corrected chi connectivity index (χ3v) is 2.57. The Kier molecular flexibility index (Phi) is 2.81. The van der Waals surface area contributed by atoms with E-state index in [0.717, 1.165) is 0 Å². The Morgan fingerprint density at radius 2 is 1.33 bits per heavy atom. The maximum Gasteiger partial charge on any atom is 0.197 e. The molecule has 0 unspecified atom stereocenters. The van der Waals surface area contributed by atoms with Crippen LogP contribution in [-0.2, 0) is 0 Å². The first-order valence-corrected chi connectivity index (χ1v) is 3.87. The molecule has 0 saturated heterocycles. The highest BCUT2D eigenvalue weighted by atomic mass is 35.5. The largest absolute Gasteiger partial charge is 0.202 e. The van der Waals surface area contributed by atoms with Crippen LogP contribution in [0.3, 0.4) is 0 Å². The van der Waals surface area contributed by atoms with Gasteiger partial charge < -0.3 is 0 Å². The van der Waals surface area contributed by atoms with Crippen LogP contribution < -0.4 is 0 Å². The average Bonchev–Trinajstić information content (AvgIpc) is 2.08. The Morgan fingerprint density at radius 1 is 0.833 bits per heavy atom. The van der Waals surface area contributed by atoms with Crippen molar-refractivity contribution in [3.05, 3.63) is 27.5 Å². The second-order valence-electron chi connectivity index (χ2n) is 1.92. The molecule has 0 spiro atoms. The maximum atomic E-state index is 12.6. The minimum Gasteiger partial charge on any atom is -0.202 e. The SMILES string of the molecule is Fc1c(F)c(S)c(Cl)c(Cl)c1F. The fraction of sp³-hybridized carbons (Fsp3) is 0. The third kappa shape index (κ3) is 1.39. The fourth-order valence-electron chi connectivity index (χ4n) is 0.593. The second-order valence-corrected chi connectivity index (χ2v) is 3.12. The molecule has 0 N–H and O–H groups in total. The highest BCUT2D eigenvalue weighted by Gasteiger charge is 2.20. The summed E-state index contributed by atoms with van der Waals surface area (Å²) in [6.45, 7) is 0. The van der Waals surface area contributed by atoms with Crippen molar-refractivity contribution in [3.8, 4) is 0 Å². The normalized spacial score (nSPS) is 10.5. The molecule has 0 heterocycles. The van der Waals surface area contributed by atoms with Gasteiger partial charge in [-0.25, -0.2) is 13.2 Å². The Balaban J connectivity index is 3.60. The Labute approximate surface area is 81.7 Å². The summed E-state index contributed by atoms with van der Waals surface area (Å²) in [7, 11) is 0. The van der Waals surface area contributed by atoms with Gasteiger partial charge in [0.2, 0.25) is 0 Å². The second kappa shape index (κ2) is 3.36. The van der Waals surface area contributed by atoms with Crippen LogP contribution in [0.25, 0.3) is 0 Å². The highest BCUT2D eigenvalue weighted by molar-refractivity contribution is 7.80. The molecule has 0 aliphatic carbocycles. The van der Waals surface area contributed by atoms with E-state index in [1.54, 1.807) is 0 Å². The van der Waals surface area contributed by atoms with Crippen LogP contribution in [0.2, 0.25) is 10.0 Å². The van der Waals surface area contributed by atoms with Gasteiger partial charge in [0.05, 0.1) is 14.9 Å². The average molecular weight is 233 g/mol. The molecule has 66 valence electrons. The number of halogens is 5. The molecule has 0 amide bonds. The molecule has 0 atom stereocenters. The van der Waals surface area contributed by atoms with Gasteiger partial charge >= 0.3 is 0 Å². The van der Waals surface area contributed by atoms with Gasteiger partial charge in [-0.2, -0.15) is 0 Å². The van der Waals surface area contributed by atoms with Gasteiger partial charge in [0.15, 0.2) is 17.5 Å². The van der Waals surface area contributed by atoms with E-state index in [-0.39, 0.29) is 0 Å². The van der Waals surface area contributed by atoms with Crippen molar-refractivity contribution in [2.24, 2.45) is 0 Å². The van der Waals surface area contributed by atoms with Crippen LogP contribution in [0, 0.1) is 17.5 Å². The summed E-state index contributed by atoms with van der Waals surface area (Å²) in [4.78, 5) is -0.499. The Hall–Kier alpha value is -0.0600. The monoisotopic (exact) mass is 232 g/mol. The number of hydrogen-bond donors (Lipinski definition) is 1. The lowest BCUT2D eigenvalue weighted by atomic mass is 10.3. The lowest BCUT2D eigenvalue weighted by Crippen LogP contribution is -1.94. The van der Waals surface area contributed by atoms with Crippen LogP contribution in [0.4, 0.5) is 13.2 Å². The van der Waals surface area contributed by atoms with Gasteiger partial charge in [0.1, 0.15) is 0 Å². The van der Waals surface area contributed by atoms with E-state index in [9.17, 15) is 13.2 Å². The van der Waals surface area contributed by atoms with E-state index in [1.807, 2.05) is 0 Å². The molecule has 1 aromatic rings. The minimum absolute atomic E-state index is 0.434. The molecule has 0 aromatic heterocycles. The smallest absolute Gasteiger partial charge is 0.197 e. The molecule has 0 radical (unpaired) electrons. The summed E-state index contributed by atoms with van der Waals surface area (Å²) in [6.07, 6.45) is 0. The van der Waals surface area contributed by atoms with Crippen LogP contribution >= 0.6 is 35.8 Å². The molecule has 12 heavy (non-hydrogen) atoms. The summed E-state index contributed by atoms with van der Waals surface area (Å²) in [5.74, 6) is -4.61. The molecule has 1 rings (SSSR count). The zero-order chi connectivity index (χ0) is 9.46. The van der Waals surface area contributed by atoms with E-state index in [2.05, 4.69) is 12.6 Å². The fourth-order valence-corrected chi connectivity index (χ4v) is 1.21. The molecule has 6 heteroatoms. The van der Waals surface area contributed by atoms with Gasteiger partial charge in [-0.1, -0.05) is 23.2 Å². The van der Waals surface area contributed by atoms with Crippen molar-refractivity contribution in [2.75, 3.05) is 0 Å². The van der Waals surface area contributed by atoms with Gasteiger partial charge in [0, 0.05) is 0 Å². The van der Waals surface area contributed by atoms with E-state index >= 15 is 0 Å². The highest BCUT2D eigenvalue weighted by Crippen LogP contribution is 2.34. The minimum atomic E-state index is -1.67. The van der Waals surface area contributed by atoms with E-state index < -0.39 is 32.4 Å². The topological polar surface area (TPSA) is 0 Å². The van der Waals surface area contributed by atoms with Gasteiger partial charge in [-0.05, 0) is 0 Å². The molecule has 0 aliphatic heterocycles. The predicted octanol–water partition coefficient (Wildman–Crippen LogP) is 3.70. The molecule has 0 fully saturated rings. The maximum absolute atomic E-state index is 12.6. The van der Waals surface area contributed by atoms with Crippen molar-refractivity contribution < 1.29 is 13.2 Å². The first-order valence-electron chi connectivity index (χ1n) is 2.67.